The predicted molar refractivity (Wildman–Crippen MR) is 175 cm³/mol. The molecule has 8 nitrogen and oxygen atoms in total. The summed E-state index contributed by atoms with van der Waals surface area (Å²) in [6.45, 7) is 4.62. The minimum absolute atomic E-state index is 0.233. The van der Waals surface area contributed by atoms with Gasteiger partial charge in [0.25, 0.3) is 0 Å². The fraction of sp³-hybridized carbons (Fsp3) is 0.486. The van der Waals surface area contributed by atoms with Crippen LogP contribution in [0.15, 0.2) is 53.4 Å². The number of ether oxygens (including phenoxy) is 4. The molecule has 0 N–H and O–H groups in total. The first kappa shape index (κ1) is 32.0. The molecule has 3 aliphatic rings. The van der Waals surface area contributed by atoms with E-state index in [0.717, 1.165) is 55.0 Å². The van der Waals surface area contributed by atoms with Crippen LogP contribution >= 0.6 is 11.6 Å². The number of sulfonamides is 1. The van der Waals surface area contributed by atoms with Crippen molar-refractivity contribution in [2.45, 2.75) is 56.0 Å². The Morgan fingerprint density at radius 2 is 1.33 bits per heavy atom. The molecule has 1 saturated heterocycles. The molecule has 0 bridgehead atoms. The number of piperidine rings is 1. The Kier molecular flexibility index (Phi) is 9.26. The molecule has 0 spiro atoms. The Morgan fingerprint density at radius 3 is 1.93 bits per heavy atom. The molecule has 3 aliphatic heterocycles. The molecule has 45 heavy (non-hydrogen) atoms. The van der Waals surface area contributed by atoms with Gasteiger partial charge in [-0.05, 0) is 108 Å². The van der Waals surface area contributed by atoms with Crippen LogP contribution in [0.5, 0.6) is 23.0 Å². The number of benzene rings is 3. The second-order valence-electron chi connectivity index (χ2n) is 12.3. The van der Waals surface area contributed by atoms with Crippen molar-refractivity contribution in [3.63, 3.8) is 0 Å². The number of halogens is 1. The van der Waals surface area contributed by atoms with Crippen LogP contribution in [0, 0.1) is 11.8 Å². The predicted octanol–water partition coefficient (Wildman–Crippen LogP) is 6.70. The van der Waals surface area contributed by atoms with E-state index in [-0.39, 0.29) is 17.0 Å². The van der Waals surface area contributed by atoms with E-state index in [2.05, 4.69) is 24.0 Å². The summed E-state index contributed by atoms with van der Waals surface area (Å²) in [6, 6.07) is 14.7. The zero-order chi connectivity index (χ0) is 31.9. The van der Waals surface area contributed by atoms with Gasteiger partial charge in [0.15, 0.2) is 23.0 Å². The highest BCUT2D eigenvalue weighted by Gasteiger charge is 2.43. The Morgan fingerprint density at radius 1 is 0.778 bits per heavy atom. The smallest absolute Gasteiger partial charge is 0.243 e. The molecule has 1 fully saturated rings. The summed E-state index contributed by atoms with van der Waals surface area (Å²) in [5.41, 5.74) is 4.68. The van der Waals surface area contributed by atoms with Crippen LogP contribution in [0.2, 0.25) is 5.02 Å². The number of methoxy groups -OCH3 is 4. The minimum atomic E-state index is -3.81. The van der Waals surface area contributed by atoms with Crippen molar-refractivity contribution < 1.29 is 27.4 Å². The quantitative estimate of drug-likeness (QED) is 0.254. The lowest BCUT2D eigenvalue weighted by Crippen LogP contribution is -2.47. The van der Waals surface area contributed by atoms with Crippen molar-refractivity contribution in [3.8, 4) is 23.0 Å². The molecule has 0 aromatic heterocycles. The third kappa shape index (κ3) is 5.88. The molecule has 6 rings (SSSR count). The highest BCUT2D eigenvalue weighted by atomic mass is 35.5. The molecule has 0 aliphatic carbocycles. The first-order valence-electron chi connectivity index (χ1n) is 15.7. The van der Waals surface area contributed by atoms with Gasteiger partial charge in [-0.2, -0.15) is 4.31 Å². The lowest BCUT2D eigenvalue weighted by molar-refractivity contribution is 0.0386. The topological polar surface area (TPSA) is 77.5 Å². The van der Waals surface area contributed by atoms with Crippen LogP contribution < -0.4 is 18.9 Å². The van der Waals surface area contributed by atoms with Crippen LogP contribution in [-0.4, -0.2) is 65.7 Å². The number of rotatable bonds is 9. The Hall–Kier alpha value is -2.98. The highest BCUT2D eigenvalue weighted by molar-refractivity contribution is 7.89. The molecule has 0 radical (unpaired) electrons. The van der Waals surface area contributed by atoms with E-state index in [4.69, 9.17) is 30.5 Å². The summed E-state index contributed by atoms with van der Waals surface area (Å²) in [5, 5.41) is 0.505. The third-order valence-electron chi connectivity index (χ3n) is 10.2. The summed E-state index contributed by atoms with van der Waals surface area (Å²) >= 11 is 6.14. The largest absolute Gasteiger partial charge is 0.493 e. The van der Waals surface area contributed by atoms with Crippen molar-refractivity contribution in [2.24, 2.45) is 11.8 Å². The van der Waals surface area contributed by atoms with Crippen molar-refractivity contribution in [2.75, 3.05) is 48.1 Å². The molecular formula is C35H43ClN2O6S. The number of nitrogens with zero attached hydrogens (tertiary/aromatic N) is 2. The molecule has 4 atom stereocenters. The maximum absolute atomic E-state index is 14.3. The number of hydrogen-bond acceptors (Lipinski definition) is 7. The number of hydrogen-bond donors (Lipinski definition) is 0. The van der Waals surface area contributed by atoms with Crippen LogP contribution in [0.25, 0.3) is 0 Å². The van der Waals surface area contributed by atoms with E-state index in [9.17, 15) is 8.42 Å². The molecule has 3 aromatic rings. The first-order valence-corrected chi connectivity index (χ1v) is 17.5. The van der Waals surface area contributed by atoms with Gasteiger partial charge in [0, 0.05) is 30.7 Å². The van der Waals surface area contributed by atoms with E-state index >= 15 is 0 Å². The van der Waals surface area contributed by atoms with Crippen molar-refractivity contribution in [1.82, 2.24) is 9.21 Å². The van der Waals surface area contributed by atoms with E-state index in [1.165, 1.54) is 11.1 Å². The number of fused-ring (bicyclic) bond motifs is 4. The fourth-order valence-electron chi connectivity index (χ4n) is 7.82. The summed E-state index contributed by atoms with van der Waals surface area (Å²) in [4.78, 5) is 2.87. The third-order valence-corrected chi connectivity index (χ3v) is 12.4. The summed E-state index contributed by atoms with van der Waals surface area (Å²) in [6.07, 6.45) is 4.24. The minimum Gasteiger partial charge on any atom is -0.493 e. The van der Waals surface area contributed by atoms with Crippen molar-refractivity contribution in [3.05, 3.63) is 75.8 Å². The average Bonchev–Trinajstić information content (AvgIpc) is 3.06. The van der Waals surface area contributed by atoms with Gasteiger partial charge in [-0.15, -0.1) is 0 Å². The summed E-state index contributed by atoms with van der Waals surface area (Å²) in [5.74, 6) is 3.50. The molecule has 10 heteroatoms. The second kappa shape index (κ2) is 13.0. The zero-order valence-corrected chi connectivity index (χ0v) is 28.3. The van der Waals surface area contributed by atoms with Gasteiger partial charge in [0.1, 0.15) is 0 Å². The molecule has 3 aromatic carbocycles. The molecule has 3 heterocycles. The van der Waals surface area contributed by atoms with E-state index in [1.807, 2.05) is 12.1 Å². The fourth-order valence-corrected chi connectivity index (χ4v) is 9.56. The van der Waals surface area contributed by atoms with Gasteiger partial charge in [-0.1, -0.05) is 24.9 Å². The average molecular weight is 655 g/mol. The van der Waals surface area contributed by atoms with Gasteiger partial charge in [0.2, 0.25) is 10.0 Å². The molecule has 0 amide bonds. The lowest BCUT2D eigenvalue weighted by Gasteiger charge is -2.49. The Labute approximate surface area is 272 Å². The van der Waals surface area contributed by atoms with E-state index in [1.54, 1.807) is 57.0 Å². The molecular weight excluding hydrogens is 612 g/mol. The van der Waals surface area contributed by atoms with E-state index in [0.29, 0.717) is 47.7 Å². The van der Waals surface area contributed by atoms with Gasteiger partial charge >= 0.3 is 0 Å². The highest BCUT2D eigenvalue weighted by Crippen LogP contribution is 2.50. The lowest BCUT2D eigenvalue weighted by atomic mass is 9.72. The van der Waals surface area contributed by atoms with Gasteiger partial charge in [0.05, 0.1) is 39.4 Å². The first-order chi connectivity index (χ1) is 21.7. The maximum atomic E-state index is 14.3. The van der Waals surface area contributed by atoms with Gasteiger partial charge in [-0.25, -0.2) is 8.42 Å². The van der Waals surface area contributed by atoms with E-state index < -0.39 is 10.0 Å². The van der Waals surface area contributed by atoms with Gasteiger partial charge in [-0.3, -0.25) is 4.90 Å². The monoisotopic (exact) mass is 654 g/mol. The van der Waals surface area contributed by atoms with Crippen molar-refractivity contribution in [1.29, 1.82) is 0 Å². The van der Waals surface area contributed by atoms with Crippen LogP contribution in [0.3, 0.4) is 0 Å². The molecule has 4 unspecified atom stereocenters. The zero-order valence-electron chi connectivity index (χ0n) is 26.7. The SMILES string of the molecule is CCC1CN2CCc3cc(OC)c(OC)cc3C2CC1CC1c2cc(OC)c(OC)cc2CCN1S(=O)(=O)c1ccc(Cl)cc1. The van der Waals surface area contributed by atoms with Crippen LogP contribution in [0.1, 0.15) is 60.5 Å². The maximum Gasteiger partial charge on any atom is 0.243 e. The van der Waals surface area contributed by atoms with Crippen molar-refractivity contribution >= 4 is 21.6 Å². The Balaban J connectivity index is 1.41. The summed E-state index contributed by atoms with van der Waals surface area (Å²) in [7, 11) is 2.81. The summed E-state index contributed by atoms with van der Waals surface area (Å²) < 4.78 is 53.0. The molecule has 242 valence electrons. The standard InChI is InChI=1S/C35H43ClN2O6S/c1-6-22-21-37-13-11-23-17-32(41-2)34(43-4)19-28(23)30(37)15-25(22)16-31-29-20-35(44-5)33(42-3)18-24(29)12-14-38(31)45(39,40)27-9-7-26(36)8-10-27/h7-10,17-20,22,25,30-31H,6,11-16,21H2,1-5H3. The normalized spacial score (nSPS) is 23.4. The Bertz CT molecular complexity index is 1650. The van der Waals surface area contributed by atoms with Crippen LogP contribution in [-0.2, 0) is 22.9 Å². The molecule has 0 saturated carbocycles. The van der Waals surface area contributed by atoms with Crippen LogP contribution in [0.4, 0.5) is 0 Å². The second-order valence-corrected chi connectivity index (χ2v) is 14.6. The van der Waals surface area contributed by atoms with Gasteiger partial charge < -0.3 is 18.9 Å².